The van der Waals surface area contributed by atoms with Gasteiger partial charge in [0.25, 0.3) is 5.91 Å². The number of allylic oxidation sites excluding steroid dienone is 2. The molecule has 6 heteroatoms. The number of carbonyl (C=O) groups is 1. The molecule has 2 atom stereocenters. The van der Waals surface area contributed by atoms with Crippen LogP contribution in [0.25, 0.3) is 5.69 Å². The highest BCUT2D eigenvalue weighted by Gasteiger charge is 2.35. The van der Waals surface area contributed by atoms with E-state index in [0.29, 0.717) is 17.4 Å². The molecule has 112 valence electrons. The Hall–Kier alpha value is -2.50. The van der Waals surface area contributed by atoms with Gasteiger partial charge in [0, 0.05) is 13.1 Å². The zero-order valence-corrected chi connectivity index (χ0v) is 12.2. The number of rotatable bonds is 2. The van der Waals surface area contributed by atoms with E-state index in [1.54, 1.807) is 0 Å². The molecule has 1 saturated heterocycles. The Morgan fingerprint density at radius 1 is 1.09 bits per heavy atom. The van der Waals surface area contributed by atoms with Crippen molar-refractivity contribution in [1.82, 2.24) is 25.1 Å². The molecule has 2 aromatic rings. The Labute approximate surface area is 128 Å². The Kier molecular flexibility index (Phi) is 3.21. The molecule has 0 bridgehead atoms. The SMILES string of the molecule is O=C(c1ccccc1-n1cnnn1)N1C[C@H]2CC=CC[C@H]2C1. The smallest absolute Gasteiger partial charge is 0.256 e. The van der Waals surface area contributed by atoms with E-state index in [1.165, 1.54) is 11.0 Å². The minimum atomic E-state index is 0.0699. The molecule has 1 fully saturated rings. The second kappa shape index (κ2) is 5.36. The van der Waals surface area contributed by atoms with E-state index in [-0.39, 0.29) is 5.91 Å². The molecule has 0 unspecified atom stereocenters. The van der Waals surface area contributed by atoms with E-state index in [4.69, 9.17) is 0 Å². The van der Waals surface area contributed by atoms with Crippen molar-refractivity contribution in [3.63, 3.8) is 0 Å². The summed E-state index contributed by atoms with van der Waals surface area (Å²) in [5.74, 6) is 1.28. The lowest BCUT2D eigenvalue weighted by atomic mass is 9.86. The van der Waals surface area contributed by atoms with Crippen molar-refractivity contribution in [2.75, 3.05) is 13.1 Å². The first-order valence-electron chi connectivity index (χ1n) is 7.59. The fourth-order valence-electron chi connectivity index (χ4n) is 3.48. The number of carbonyl (C=O) groups excluding carboxylic acids is 1. The predicted molar refractivity (Wildman–Crippen MR) is 80.4 cm³/mol. The maximum Gasteiger partial charge on any atom is 0.256 e. The molecule has 1 aliphatic carbocycles. The molecule has 0 radical (unpaired) electrons. The molecule has 0 spiro atoms. The molecule has 1 aromatic heterocycles. The summed E-state index contributed by atoms with van der Waals surface area (Å²) in [5.41, 5.74) is 1.38. The van der Waals surface area contributed by atoms with E-state index in [9.17, 15) is 4.79 Å². The topological polar surface area (TPSA) is 63.9 Å². The molecule has 0 N–H and O–H groups in total. The zero-order chi connectivity index (χ0) is 14.9. The Balaban J connectivity index is 1.62. The number of benzene rings is 1. The molecule has 6 nitrogen and oxygen atoms in total. The van der Waals surface area contributed by atoms with E-state index in [2.05, 4.69) is 27.7 Å². The normalized spacial score (nSPS) is 23.5. The van der Waals surface area contributed by atoms with Crippen molar-refractivity contribution in [3.8, 4) is 5.69 Å². The van der Waals surface area contributed by atoms with Gasteiger partial charge in [0.1, 0.15) is 6.33 Å². The van der Waals surface area contributed by atoms with Gasteiger partial charge in [-0.2, -0.15) is 4.68 Å². The van der Waals surface area contributed by atoms with Gasteiger partial charge >= 0.3 is 0 Å². The number of tetrazole rings is 1. The monoisotopic (exact) mass is 295 g/mol. The third-order valence-corrected chi connectivity index (χ3v) is 4.64. The van der Waals surface area contributed by atoms with Gasteiger partial charge in [-0.25, -0.2) is 0 Å². The van der Waals surface area contributed by atoms with Crippen molar-refractivity contribution < 1.29 is 4.79 Å². The number of likely N-dealkylation sites (tertiary alicyclic amines) is 1. The lowest BCUT2D eigenvalue weighted by Crippen LogP contribution is -2.30. The molecule has 2 heterocycles. The summed E-state index contributed by atoms with van der Waals surface area (Å²) in [6.45, 7) is 1.69. The van der Waals surface area contributed by atoms with Gasteiger partial charge in [0.05, 0.1) is 11.3 Å². The van der Waals surface area contributed by atoms with Gasteiger partial charge in [-0.15, -0.1) is 5.10 Å². The highest BCUT2D eigenvalue weighted by molar-refractivity contribution is 5.97. The average molecular weight is 295 g/mol. The second-order valence-electron chi connectivity index (χ2n) is 5.94. The Morgan fingerprint density at radius 2 is 1.82 bits per heavy atom. The van der Waals surface area contributed by atoms with Crippen LogP contribution in [0.2, 0.25) is 0 Å². The number of fused-ring (bicyclic) bond motifs is 1. The second-order valence-corrected chi connectivity index (χ2v) is 5.94. The standard InChI is InChI=1S/C16H17N5O/c22-16(20-9-12-5-1-2-6-13(12)10-20)14-7-3-4-8-15(14)21-11-17-18-19-21/h1-4,7-8,11-13H,5-6,9-10H2/t12-,13+. The molecule has 0 saturated carbocycles. The van der Waals surface area contributed by atoms with Crippen LogP contribution < -0.4 is 0 Å². The third-order valence-electron chi connectivity index (χ3n) is 4.64. The van der Waals surface area contributed by atoms with Crippen molar-refractivity contribution in [1.29, 1.82) is 0 Å². The maximum absolute atomic E-state index is 12.9. The molecular formula is C16H17N5O. The number of amides is 1. The van der Waals surface area contributed by atoms with E-state index in [1.807, 2.05) is 29.2 Å². The molecule has 1 amide bonds. The zero-order valence-electron chi connectivity index (χ0n) is 12.2. The van der Waals surface area contributed by atoms with Crippen LogP contribution in [0.1, 0.15) is 23.2 Å². The molecule has 1 aromatic carbocycles. The minimum Gasteiger partial charge on any atom is -0.338 e. The summed E-state index contributed by atoms with van der Waals surface area (Å²) < 4.78 is 1.54. The van der Waals surface area contributed by atoms with Gasteiger partial charge < -0.3 is 4.90 Å². The minimum absolute atomic E-state index is 0.0699. The third kappa shape index (κ3) is 2.20. The van der Waals surface area contributed by atoms with Gasteiger partial charge in [-0.05, 0) is 47.2 Å². The fourth-order valence-corrected chi connectivity index (χ4v) is 3.48. The van der Waals surface area contributed by atoms with Crippen LogP contribution in [-0.2, 0) is 0 Å². The highest BCUT2D eigenvalue weighted by Crippen LogP contribution is 2.33. The fraction of sp³-hybridized carbons (Fsp3) is 0.375. The first-order valence-corrected chi connectivity index (χ1v) is 7.59. The summed E-state index contributed by atoms with van der Waals surface area (Å²) in [5, 5.41) is 11.2. The van der Waals surface area contributed by atoms with E-state index in [0.717, 1.165) is 31.6 Å². The number of hydrogen-bond donors (Lipinski definition) is 0. The lowest BCUT2D eigenvalue weighted by Gasteiger charge is -2.18. The molecule has 2 aliphatic rings. The van der Waals surface area contributed by atoms with Gasteiger partial charge in [-0.3, -0.25) is 4.79 Å². The van der Waals surface area contributed by atoms with Crippen LogP contribution in [-0.4, -0.2) is 44.1 Å². The Morgan fingerprint density at radius 3 is 2.50 bits per heavy atom. The average Bonchev–Trinajstić information content (AvgIpc) is 3.23. The summed E-state index contributed by atoms with van der Waals surface area (Å²) in [7, 11) is 0. The van der Waals surface area contributed by atoms with E-state index >= 15 is 0 Å². The van der Waals surface area contributed by atoms with Gasteiger partial charge in [-0.1, -0.05) is 24.3 Å². The molecular weight excluding hydrogens is 278 g/mol. The highest BCUT2D eigenvalue weighted by atomic mass is 16.2. The lowest BCUT2D eigenvalue weighted by molar-refractivity contribution is 0.0784. The van der Waals surface area contributed by atoms with Crippen LogP contribution in [0.5, 0.6) is 0 Å². The van der Waals surface area contributed by atoms with Crippen molar-refractivity contribution in [3.05, 3.63) is 48.3 Å². The van der Waals surface area contributed by atoms with Crippen LogP contribution in [0.3, 0.4) is 0 Å². The quantitative estimate of drug-likeness (QED) is 0.791. The molecule has 4 rings (SSSR count). The molecule has 1 aliphatic heterocycles. The van der Waals surface area contributed by atoms with Crippen molar-refractivity contribution >= 4 is 5.91 Å². The first-order chi connectivity index (χ1) is 10.8. The number of nitrogens with zero attached hydrogens (tertiary/aromatic N) is 5. The molecule has 22 heavy (non-hydrogen) atoms. The summed E-state index contributed by atoms with van der Waals surface area (Å²) in [4.78, 5) is 14.9. The van der Waals surface area contributed by atoms with Gasteiger partial charge in [0.15, 0.2) is 0 Å². The van der Waals surface area contributed by atoms with E-state index < -0.39 is 0 Å². The first kappa shape index (κ1) is 13.2. The van der Waals surface area contributed by atoms with Crippen molar-refractivity contribution in [2.45, 2.75) is 12.8 Å². The van der Waals surface area contributed by atoms with Crippen LogP contribution in [0.15, 0.2) is 42.7 Å². The van der Waals surface area contributed by atoms with Crippen LogP contribution in [0.4, 0.5) is 0 Å². The van der Waals surface area contributed by atoms with Gasteiger partial charge in [0.2, 0.25) is 0 Å². The number of hydrogen-bond acceptors (Lipinski definition) is 4. The number of para-hydroxylation sites is 1. The van der Waals surface area contributed by atoms with Crippen molar-refractivity contribution in [2.24, 2.45) is 11.8 Å². The summed E-state index contributed by atoms with van der Waals surface area (Å²) in [6.07, 6.45) is 8.17. The summed E-state index contributed by atoms with van der Waals surface area (Å²) in [6, 6.07) is 7.49. The van der Waals surface area contributed by atoms with Crippen LogP contribution in [0, 0.1) is 11.8 Å². The maximum atomic E-state index is 12.9. The summed E-state index contributed by atoms with van der Waals surface area (Å²) >= 11 is 0. The van der Waals surface area contributed by atoms with Crippen LogP contribution >= 0.6 is 0 Å². The Bertz CT molecular complexity index is 693. The largest absolute Gasteiger partial charge is 0.338 e. The number of aromatic nitrogens is 4. The predicted octanol–water partition coefficient (Wildman–Crippen LogP) is 1.70.